The molecule has 0 aromatic heterocycles. The van der Waals surface area contributed by atoms with E-state index in [1.165, 1.54) is 0 Å². The lowest BCUT2D eigenvalue weighted by molar-refractivity contribution is -0.141. The van der Waals surface area contributed by atoms with Crippen LogP contribution in [0.4, 0.5) is 0 Å². The maximum atomic E-state index is 13.6. The minimum atomic E-state index is -0.618. The lowest BCUT2D eigenvalue weighted by atomic mass is 10.0. The highest BCUT2D eigenvalue weighted by atomic mass is 35.5. The van der Waals surface area contributed by atoms with Crippen molar-refractivity contribution in [3.63, 3.8) is 0 Å². The molecule has 1 N–H and O–H groups in total. The molecule has 7 heteroatoms. The first-order valence-electron chi connectivity index (χ1n) is 12.2. The minimum Gasteiger partial charge on any atom is -0.354 e. The Kier molecular flexibility index (Phi) is 11.7. The molecule has 0 aliphatic heterocycles. The predicted molar refractivity (Wildman–Crippen MR) is 151 cm³/mol. The molecule has 0 bridgehead atoms. The second kappa shape index (κ2) is 14.9. The molecule has 1 atom stereocenters. The number of nitrogens with zero attached hydrogens (tertiary/aromatic N) is 1. The quantitative estimate of drug-likeness (QED) is 0.186. The lowest BCUT2D eigenvalue weighted by Crippen LogP contribution is -2.50. The highest BCUT2D eigenvalue weighted by molar-refractivity contribution is 7.99. The zero-order valence-electron chi connectivity index (χ0n) is 20.5. The number of hydrogen-bond acceptors (Lipinski definition) is 3. The Hall–Kier alpha value is -2.47. The normalized spacial score (nSPS) is 11.6. The van der Waals surface area contributed by atoms with Gasteiger partial charge in [0.1, 0.15) is 6.04 Å². The third-order valence-corrected chi connectivity index (χ3v) is 7.28. The molecule has 3 aromatic rings. The molecule has 0 spiro atoms. The number of amides is 2. The molecule has 4 nitrogen and oxygen atoms in total. The molecule has 3 rings (SSSR count). The van der Waals surface area contributed by atoms with Crippen LogP contribution in [0.1, 0.15) is 37.3 Å². The summed E-state index contributed by atoms with van der Waals surface area (Å²) in [7, 11) is 0. The predicted octanol–water partition coefficient (Wildman–Crippen LogP) is 7.03. The van der Waals surface area contributed by atoms with Gasteiger partial charge in [-0.15, -0.1) is 11.8 Å². The van der Waals surface area contributed by atoms with Crippen LogP contribution < -0.4 is 5.32 Å². The van der Waals surface area contributed by atoms with Crippen LogP contribution in [0.5, 0.6) is 0 Å². The average Bonchev–Trinajstić information content (AvgIpc) is 2.89. The first-order chi connectivity index (χ1) is 17.5. The number of carbonyl (C=O) groups excluding carboxylic acids is 2. The average molecular weight is 544 g/mol. The van der Waals surface area contributed by atoms with Crippen molar-refractivity contribution in [1.82, 2.24) is 10.2 Å². The maximum Gasteiger partial charge on any atom is 0.243 e. The molecule has 0 radical (unpaired) electrons. The molecule has 0 aliphatic carbocycles. The van der Waals surface area contributed by atoms with Crippen molar-refractivity contribution in [1.29, 1.82) is 0 Å². The second-order valence-corrected chi connectivity index (χ2v) is 10.6. The third-order valence-electron chi connectivity index (χ3n) is 5.77. The van der Waals surface area contributed by atoms with E-state index in [4.69, 9.17) is 23.2 Å². The Morgan fingerprint density at radius 2 is 1.53 bits per heavy atom. The van der Waals surface area contributed by atoms with Crippen LogP contribution in [-0.4, -0.2) is 35.1 Å². The number of thioether (sulfide) groups is 1. The Balaban J connectivity index is 1.81. The number of hydrogen-bond donors (Lipinski definition) is 1. The zero-order valence-corrected chi connectivity index (χ0v) is 22.8. The molecule has 1 unspecified atom stereocenters. The fourth-order valence-electron chi connectivity index (χ4n) is 3.78. The molecule has 0 saturated carbocycles. The van der Waals surface area contributed by atoms with E-state index in [1.807, 2.05) is 78.9 Å². The van der Waals surface area contributed by atoms with E-state index < -0.39 is 6.04 Å². The van der Waals surface area contributed by atoms with Crippen molar-refractivity contribution in [2.24, 2.45) is 0 Å². The summed E-state index contributed by atoms with van der Waals surface area (Å²) in [4.78, 5) is 29.8. The molecule has 0 aliphatic rings. The van der Waals surface area contributed by atoms with E-state index >= 15 is 0 Å². The first-order valence-corrected chi connectivity index (χ1v) is 13.9. The van der Waals surface area contributed by atoms with E-state index in [2.05, 4.69) is 12.2 Å². The highest BCUT2D eigenvalue weighted by Gasteiger charge is 2.30. The van der Waals surface area contributed by atoms with Crippen molar-refractivity contribution < 1.29 is 9.59 Å². The number of halogens is 2. The summed E-state index contributed by atoms with van der Waals surface area (Å²) < 4.78 is 0. The fourth-order valence-corrected chi connectivity index (χ4v) is 4.87. The lowest BCUT2D eigenvalue weighted by Gasteiger charge is -2.31. The summed E-state index contributed by atoms with van der Waals surface area (Å²) in [5, 5.41) is 4.37. The number of nitrogens with one attached hydrogen (secondary N) is 1. The van der Waals surface area contributed by atoms with Crippen molar-refractivity contribution in [2.75, 3.05) is 12.3 Å². The summed E-state index contributed by atoms with van der Waals surface area (Å²) >= 11 is 13.7. The molecule has 0 fully saturated rings. The zero-order chi connectivity index (χ0) is 25.8. The van der Waals surface area contributed by atoms with Crippen LogP contribution in [0.2, 0.25) is 10.0 Å². The van der Waals surface area contributed by atoms with Gasteiger partial charge >= 0.3 is 0 Å². The van der Waals surface area contributed by atoms with Gasteiger partial charge in [-0.2, -0.15) is 0 Å². The largest absolute Gasteiger partial charge is 0.354 e. The van der Waals surface area contributed by atoms with Crippen molar-refractivity contribution in [3.05, 3.63) is 100 Å². The highest BCUT2D eigenvalue weighted by Crippen LogP contribution is 2.23. The standard InChI is InChI=1S/C29H32Cl2N2O2S/c1-2-3-18-32-29(35)27(20-22-7-5-4-6-8-22)33(21-23-9-11-24(30)12-10-23)28(34)17-19-36-26-15-13-25(31)14-16-26/h4-16,27H,2-3,17-21H2,1H3,(H,32,35). The number of benzene rings is 3. The third kappa shape index (κ3) is 9.20. The van der Waals surface area contributed by atoms with Gasteiger partial charge in [-0.1, -0.05) is 79.0 Å². The van der Waals surface area contributed by atoms with Crippen molar-refractivity contribution in [3.8, 4) is 0 Å². The van der Waals surface area contributed by atoms with Gasteiger partial charge < -0.3 is 10.2 Å². The van der Waals surface area contributed by atoms with Crippen molar-refractivity contribution in [2.45, 2.75) is 50.1 Å². The Morgan fingerprint density at radius 3 is 2.17 bits per heavy atom. The Bertz CT molecular complexity index is 1090. The van der Waals surface area contributed by atoms with Gasteiger partial charge in [0.2, 0.25) is 11.8 Å². The Labute approximate surface area is 228 Å². The van der Waals surface area contributed by atoms with Crippen LogP contribution in [0.15, 0.2) is 83.8 Å². The summed E-state index contributed by atoms with van der Waals surface area (Å²) in [5.41, 5.74) is 1.94. The maximum absolute atomic E-state index is 13.6. The van der Waals surface area contributed by atoms with Gasteiger partial charge in [0.05, 0.1) is 0 Å². The first kappa shape index (κ1) is 28.1. The minimum absolute atomic E-state index is 0.0574. The van der Waals surface area contributed by atoms with E-state index in [-0.39, 0.29) is 11.8 Å². The molecule has 3 aromatic carbocycles. The Morgan fingerprint density at radius 1 is 0.889 bits per heavy atom. The van der Waals surface area contributed by atoms with Gasteiger partial charge in [0, 0.05) is 46.6 Å². The van der Waals surface area contributed by atoms with E-state index in [0.29, 0.717) is 41.7 Å². The van der Waals surface area contributed by atoms with Gasteiger partial charge in [-0.3, -0.25) is 9.59 Å². The summed E-state index contributed by atoms with van der Waals surface area (Å²) in [5.74, 6) is 0.422. The molecule has 0 saturated heterocycles. The number of carbonyl (C=O) groups is 2. The van der Waals surface area contributed by atoms with Crippen molar-refractivity contribution >= 4 is 46.8 Å². The molecule has 36 heavy (non-hydrogen) atoms. The van der Waals surface area contributed by atoms with Crippen LogP contribution in [0, 0.1) is 0 Å². The van der Waals surface area contributed by atoms with Gasteiger partial charge in [0.25, 0.3) is 0 Å². The molecule has 2 amide bonds. The SMILES string of the molecule is CCCCNC(=O)C(Cc1ccccc1)N(Cc1ccc(Cl)cc1)C(=O)CCSc1ccc(Cl)cc1. The second-order valence-electron chi connectivity index (χ2n) is 8.55. The molecular weight excluding hydrogens is 511 g/mol. The monoisotopic (exact) mass is 542 g/mol. The smallest absolute Gasteiger partial charge is 0.243 e. The van der Waals surface area contributed by atoms with E-state index in [9.17, 15) is 9.59 Å². The molecular formula is C29H32Cl2N2O2S. The van der Waals surface area contributed by atoms with Gasteiger partial charge in [0.15, 0.2) is 0 Å². The van der Waals surface area contributed by atoms with Crippen LogP contribution >= 0.6 is 35.0 Å². The van der Waals surface area contributed by atoms with Gasteiger partial charge in [-0.05, 0) is 53.9 Å². The molecule has 0 heterocycles. The van der Waals surface area contributed by atoms with E-state index in [1.54, 1.807) is 16.7 Å². The summed E-state index contributed by atoms with van der Waals surface area (Å²) in [6.45, 7) is 3.01. The van der Waals surface area contributed by atoms with Gasteiger partial charge in [-0.25, -0.2) is 0 Å². The van der Waals surface area contributed by atoms with Crippen LogP contribution in [-0.2, 0) is 22.6 Å². The summed E-state index contributed by atoms with van der Waals surface area (Å²) in [6.07, 6.45) is 2.64. The van der Waals surface area contributed by atoms with Crippen LogP contribution in [0.3, 0.4) is 0 Å². The van der Waals surface area contributed by atoms with Crippen LogP contribution in [0.25, 0.3) is 0 Å². The summed E-state index contributed by atoms with van der Waals surface area (Å²) in [6, 6.07) is 24.2. The molecule has 190 valence electrons. The number of rotatable bonds is 13. The topological polar surface area (TPSA) is 49.4 Å². The number of unbranched alkanes of at least 4 members (excludes halogenated alkanes) is 1. The fraction of sp³-hybridized carbons (Fsp3) is 0.310. The van der Waals surface area contributed by atoms with E-state index in [0.717, 1.165) is 28.9 Å².